The van der Waals surface area contributed by atoms with Crippen LogP contribution in [0.1, 0.15) is 29.4 Å². The molecule has 3 atom stereocenters. The number of hydrogen-bond donors (Lipinski definition) is 4. The van der Waals surface area contributed by atoms with E-state index in [1.807, 2.05) is 10.2 Å². The fourth-order valence-electron chi connectivity index (χ4n) is 4.22. The summed E-state index contributed by atoms with van der Waals surface area (Å²) in [5.41, 5.74) is 1.03. The average molecular weight is 525 g/mol. The third-order valence-corrected chi connectivity index (χ3v) is 6.15. The number of amides is 3. The number of nitrogens with zero attached hydrogens (tertiary/aromatic N) is 4. The van der Waals surface area contributed by atoms with E-state index < -0.39 is 36.9 Å². The van der Waals surface area contributed by atoms with Gasteiger partial charge in [-0.25, -0.2) is 14.8 Å². The molecule has 2 aliphatic rings. The third kappa shape index (κ3) is 5.69. The molecule has 14 heteroatoms. The van der Waals surface area contributed by atoms with Gasteiger partial charge in [-0.2, -0.15) is 13.2 Å². The van der Waals surface area contributed by atoms with E-state index in [1.54, 1.807) is 6.92 Å². The monoisotopic (exact) mass is 524 g/mol. The molecule has 11 nitrogen and oxygen atoms in total. The Morgan fingerprint density at radius 3 is 2.73 bits per heavy atom. The second-order valence-electron chi connectivity index (χ2n) is 8.95. The number of carbonyl (C=O) groups excluding carboxylic acids is 2. The molecule has 0 unspecified atom stereocenters. The van der Waals surface area contributed by atoms with Gasteiger partial charge in [0.05, 0.1) is 24.5 Å². The molecular weight excluding hydrogens is 497 g/mol. The summed E-state index contributed by atoms with van der Waals surface area (Å²) >= 11 is 0. The normalized spacial score (nSPS) is 18.2. The number of halogens is 3. The highest BCUT2D eigenvalue weighted by molar-refractivity contribution is 6.05. The minimum Gasteiger partial charge on any atom is -0.489 e. The summed E-state index contributed by atoms with van der Waals surface area (Å²) in [6.45, 7) is 3.18. The van der Waals surface area contributed by atoms with Gasteiger partial charge in [0.2, 0.25) is 0 Å². The van der Waals surface area contributed by atoms with Crippen molar-refractivity contribution >= 4 is 29.3 Å². The predicted molar refractivity (Wildman–Crippen MR) is 127 cm³/mol. The summed E-state index contributed by atoms with van der Waals surface area (Å²) in [6, 6.07) is 1.56. The number of nitrogens with one attached hydrogen (secondary N) is 2. The summed E-state index contributed by atoms with van der Waals surface area (Å²) in [5.74, 6) is -0.283. The highest BCUT2D eigenvalue weighted by Crippen LogP contribution is 2.41. The molecule has 4 heterocycles. The smallest absolute Gasteiger partial charge is 0.408 e. The second kappa shape index (κ2) is 10.4. The molecule has 0 saturated carbocycles. The lowest BCUT2D eigenvalue weighted by Gasteiger charge is -2.36. The van der Waals surface area contributed by atoms with E-state index in [0.717, 1.165) is 6.92 Å². The first-order valence-corrected chi connectivity index (χ1v) is 11.6. The lowest BCUT2D eigenvalue weighted by molar-refractivity contribution is -0.149. The van der Waals surface area contributed by atoms with Gasteiger partial charge in [-0.05, 0) is 44.0 Å². The Bertz CT molecular complexity index is 1160. The van der Waals surface area contributed by atoms with E-state index >= 15 is 0 Å². The Morgan fingerprint density at radius 2 is 2.08 bits per heavy atom. The van der Waals surface area contributed by atoms with Crippen molar-refractivity contribution in [1.82, 2.24) is 15.3 Å². The second-order valence-corrected chi connectivity index (χ2v) is 8.95. The van der Waals surface area contributed by atoms with Crippen molar-refractivity contribution in [1.29, 1.82) is 0 Å². The summed E-state index contributed by atoms with van der Waals surface area (Å²) in [5, 5.41) is 22.8. The van der Waals surface area contributed by atoms with Gasteiger partial charge in [-0.1, -0.05) is 0 Å². The van der Waals surface area contributed by atoms with Crippen molar-refractivity contribution in [2.24, 2.45) is 0 Å². The molecule has 4 rings (SSSR count). The van der Waals surface area contributed by atoms with Crippen LogP contribution in [0.15, 0.2) is 24.4 Å². The number of aromatic nitrogens is 2. The molecule has 3 amide bonds. The van der Waals surface area contributed by atoms with Crippen LogP contribution in [0.4, 0.5) is 35.3 Å². The molecule has 37 heavy (non-hydrogen) atoms. The van der Waals surface area contributed by atoms with Crippen LogP contribution in [-0.2, 0) is 0 Å². The van der Waals surface area contributed by atoms with Crippen molar-refractivity contribution in [3.8, 4) is 5.75 Å². The predicted octanol–water partition coefficient (Wildman–Crippen LogP) is 1.83. The van der Waals surface area contributed by atoms with Crippen LogP contribution in [0.25, 0.3) is 0 Å². The standard InChI is InChI=1S/C23H27F3N6O5/c1-12-7-17(21(35)28-13(2)23(24,25)26)29-20-19(12)31-6-5-14(9-31)32(20)22(36)30-18-4-3-16(8-27-18)37-11-15(34)10-33/h3-4,7-8,13-15,33-34H,5-6,9-11H2,1-2H3,(H,28,35)(H,27,30,36)/t13-,14+,15+/m1/s1. The third-order valence-electron chi connectivity index (χ3n) is 6.15. The Kier molecular flexibility index (Phi) is 7.41. The lowest BCUT2D eigenvalue weighted by atomic mass is 10.1. The zero-order valence-corrected chi connectivity index (χ0v) is 20.1. The van der Waals surface area contributed by atoms with Crippen molar-refractivity contribution in [2.75, 3.05) is 41.4 Å². The van der Waals surface area contributed by atoms with Gasteiger partial charge in [-0.15, -0.1) is 0 Å². The molecule has 2 aliphatic heterocycles. The van der Waals surface area contributed by atoms with Crippen LogP contribution in [0.2, 0.25) is 0 Å². The van der Waals surface area contributed by atoms with Crippen molar-refractivity contribution in [3.05, 3.63) is 35.7 Å². The van der Waals surface area contributed by atoms with Crippen LogP contribution in [0, 0.1) is 6.92 Å². The molecule has 4 N–H and O–H groups in total. The van der Waals surface area contributed by atoms with E-state index in [4.69, 9.17) is 9.84 Å². The molecule has 1 fully saturated rings. The van der Waals surface area contributed by atoms with Crippen molar-refractivity contribution in [3.63, 3.8) is 0 Å². The minimum atomic E-state index is -4.61. The van der Waals surface area contributed by atoms with Gasteiger partial charge in [0.1, 0.15) is 36.0 Å². The Labute approximate surface area is 210 Å². The molecule has 0 aromatic carbocycles. The van der Waals surface area contributed by atoms with Crippen LogP contribution < -0.4 is 25.2 Å². The van der Waals surface area contributed by atoms with Crippen molar-refractivity contribution < 1.29 is 37.7 Å². The molecule has 0 spiro atoms. The van der Waals surface area contributed by atoms with Gasteiger partial charge in [0.25, 0.3) is 5.91 Å². The summed E-state index contributed by atoms with van der Waals surface area (Å²) < 4.78 is 44.1. The number of pyridine rings is 2. The number of aliphatic hydroxyl groups is 2. The molecule has 200 valence electrons. The van der Waals surface area contributed by atoms with Crippen molar-refractivity contribution in [2.45, 2.75) is 44.6 Å². The summed E-state index contributed by atoms with van der Waals surface area (Å²) in [4.78, 5) is 37.8. The zero-order chi connectivity index (χ0) is 26.9. The number of hydrogen-bond acceptors (Lipinski definition) is 8. The lowest BCUT2D eigenvalue weighted by Crippen LogP contribution is -2.49. The highest BCUT2D eigenvalue weighted by atomic mass is 19.4. The van der Waals surface area contributed by atoms with Crippen LogP contribution in [0.5, 0.6) is 5.75 Å². The van der Waals surface area contributed by atoms with Gasteiger partial charge in [0, 0.05) is 13.1 Å². The first-order valence-electron chi connectivity index (χ1n) is 11.6. The number of ether oxygens (including phenoxy) is 1. The minimum absolute atomic E-state index is 0.130. The Hall–Kier alpha value is -3.65. The molecule has 1 saturated heterocycles. The largest absolute Gasteiger partial charge is 0.489 e. The zero-order valence-electron chi connectivity index (χ0n) is 20.1. The Morgan fingerprint density at radius 1 is 1.32 bits per heavy atom. The van der Waals surface area contributed by atoms with Crippen LogP contribution in [0.3, 0.4) is 0 Å². The van der Waals surface area contributed by atoms with Crippen LogP contribution >= 0.6 is 0 Å². The maximum atomic E-state index is 13.3. The number of urea groups is 1. The molecular formula is C23H27F3N6O5. The first-order chi connectivity index (χ1) is 17.5. The van der Waals surface area contributed by atoms with E-state index in [0.29, 0.717) is 36.5 Å². The fourth-order valence-corrected chi connectivity index (χ4v) is 4.22. The number of aliphatic hydroxyl groups excluding tert-OH is 2. The summed E-state index contributed by atoms with van der Waals surface area (Å²) in [7, 11) is 0. The number of fused-ring (bicyclic) bond motifs is 4. The van der Waals surface area contributed by atoms with E-state index in [9.17, 15) is 27.9 Å². The number of anilines is 3. The van der Waals surface area contributed by atoms with Gasteiger partial charge in [-0.3, -0.25) is 15.0 Å². The van der Waals surface area contributed by atoms with Gasteiger partial charge in [0.15, 0.2) is 5.82 Å². The maximum absolute atomic E-state index is 13.3. The fraction of sp³-hybridized carbons (Fsp3) is 0.478. The number of carbonyl (C=O) groups is 2. The van der Waals surface area contributed by atoms with E-state index in [2.05, 4.69) is 15.3 Å². The van der Waals surface area contributed by atoms with E-state index in [-0.39, 0.29) is 30.0 Å². The van der Waals surface area contributed by atoms with Gasteiger partial charge >= 0.3 is 12.2 Å². The van der Waals surface area contributed by atoms with Crippen LogP contribution in [-0.4, -0.2) is 82.8 Å². The average Bonchev–Trinajstić information content (AvgIpc) is 3.25. The number of aryl methyl sites for hydroxylation is 1. The molecule has 0 radical (unpaired) electrons. The topological polar surface area (TPSA) is 140 Å². The maximum Gasteiger partial charge on any atom is 0.408 e. The Balaban J connectivity index is 1.56. The number of rotatable bonds is 7. The SMILES string of the molecule is Cc1cc(C(=O)N[C@H](C)C(F)(F)F)nc2c1N1CC[C@@H](C1)N2C(=O)Nc1ccc(OC[C@@H](O)CO)cn1. The highest BCUT2D eigenvalue weighted by Gasteiger charge is 2.42. The molecule has 2 aromatic heterocycles. The number of alkyl halides is 3. The quantitative estimate of drug-likeness (QED) is 0.430. The summed E-state index contributed by atoms with van der Waals surface area (Å²) in [6.07, 6.45) is -3.66. The van der Waals surface area contributed by atoms with E-state index in [1.165, 1.54) is 29.3 Å². The van der Waals surface area contributed by atoms with Gasteiger partial charge < -0.3 is 25.2 Å². The molecule has 2 aromatic rings. The molecule has 2 bridgehead atoms. The molecule has 0 aliphatic carbocycles. The first kappa shape index (κ1) is 26.4.